The number of alkyl halides is 3. The Labute approximate surface area is 157 Å². The van der Waals surface area contributed by atoms with E-state index in [2.05, 4.69) is 25.0 Å². The first-order valence-electron chi connectivity index (χ1n) is 8.51. The van der Waals surface area contributed by atoms with Crippen molar-refractivity contribution in [2.75, 3.05) is 18.0 Å². The predicted octanol–water partition coefficient (Wildman–Crippen LogP) is 2.16. The number of aliphatic carboxylic acids is 1. The van der Waals surface area contributed by atoms with E-state index in [0.29, 0.717) is 17.6 Å². The third-order valence-electron chi connectivity index (χ3n) is 4.46. The number of ether oxygens (including phenoxy) is 1. The fraction of sp³-hybridized carbons (Fsp3) is 0.562. The van der Waals surface area contributed by atoms with Crippen molar-refractivity contribution in [3.8, 4) is 0 Å². The molecule has 0 saturated carbocycles. The maximum Gasteiger partial charge on any atom is 0.490 e. The van der Waals surface area contributed by atoms with E-state index < -0.39 is 12.1 Å². The Balaban J connectivity index is 0.000000279. The van der Waals surface area contributed by atoms with Crippen LogP contribution in [-0.4, -0.2) is 56.6 Å². The SMILES string of the molecule is Cc1nc([C@H]2C[C@@H]3CCN(c4ncccn4)C[C@H]3O2)no1.O=C(O)C(F)(F)F. The second-order valence-corrected chi connectivity index (χ2v) is 6.42. The van der Waals surface area contributed by atoms with Gasteiger partial charge in [0.15, 0.2) is 0 Å². The molecule has 2 aromatic rings. The summed E-state index contributed by atoms with van der Waals surface area (Å²) in [6.45, 7) is 3.58. The van der Waals surface area contributed by atoms with E-state index in [4.69, 9.17) is 19.2 Å². The molecule has 2 saturated heterocycles. The summed E-state index contributed by atoms with van der Waals surface area (Å²) >= 11 is 0. The number of aryl methyl sites for hydroxylation is 1. The van der Waals surface area contributed by atoms with Crippen LogP contribution in [0.25, 0.3) is 0 Å². The van der Waals surface area contributed by atoms with Crippen LogP contribution >= 0.6 is 0 Å². The van der Waals surface area contributed by atoms with Crippen molar-refractivity contribution in [1.82, 2.24) is 20.1 Å². The van der Waals surface area contributed by atoms with E-state index >= 15 is 0 Å². The Morgan fingerprint density at radius 1 is 1.32 bits per heavy atom. The first-order chi connectivity index (χ1) is 13.2. The fourth-order valence-electron chi connectivity index (χ4n) is 3.18. The Morgan fingerprint density at radius 2 is 2.00 bits per heavy atom. The number of piperidine rings is 1. The molecule has 2 aliphatic rings. The van der Waals surface area contributed by atoms with Crippen LogP contribution in [0, 0.1) is 12.8 Å². The Bertz CT molecular complexity index is 801. The van der Waals surface area contributed by atoms with E-state index in [0.717, 1.165) is 31.9 Å². The first kappa shape index (κ1) is 20.0. The van der Waals surface area contributed by atoms with Crippen molar-refractivity contribution in [3.63, 3.8) is 0 Å². The third-order valence-corrected chi connectivity index (χ3v) is 4.46. The van der Waals surface area contributed by atoms with Gasteiger partial charge < -0.3 is 19.3 Å². The van der Waals surface area contributed by atoms with Gasteiger partial charge in [-0.05, 0) is 24.8 Å². The Hall–Kier alpha value is -2.76. The lowest BCUT2D eigenvalue weighted by Crippen LogP contribution is -2.43. The van der Waals surface area contributed by atoms with Gasteiger partial charge in [-0.25, -0.2) is 14.8 Å². The molecule has 1 N–H and O–H groups in total. The summed E-state index contributed by atoms with van der Waals surface area (Å²) in [5.74, 6) is -0.174. The second-order valence-electron chi connectivity index (χ2n) is 6.42. The van der Waals surface area contributed by atoms with Crippen LogP contribution in [0.1, 0.15) is 30.7 Å². The topological polar surface area (TPSA) is 114 Å². The largest absolute Gasteiger partial charge is 0.490 e. The number of carboxylic acids is 1. The van der Waals surface area contributed by atoms with Crippen LogP contribution < -0.4 is 4.90 Å². The number of hydrogen-bond donors (Lipinski definition) is 1. The molecule has 2 aliphatic heterocycles. The average molecular weight is 401 g/mol. The van der Waals surface area contributed by atoms with Gasteiger partial charge in [-0.15, -0.1) is 0 Å². The minimum atomic E-state index is -5.08. The number of aromatic nitrogens is 4. The summed E-state index contributed by atoms with van der Waals surface area (Å²) in [6.07, 6.45) is 0.646. The lowest BCUT2D eigenvalue weighted by atomic mass is 9.92. The Morgan fingerprint density at radius 3 is 2.57 bits per heavy atom. The van der Waals surface area contributed by atoms with Gasteiger partial charge in [0.2, 0.25) is 17.7 Å². The van der Waals surface area contributed by atoms with Gasteiger partial charge >= 0.3 is 12.1 Å². The van der Waals surface area contributed by atoms with Crippen LogP contribution in [0.5, 0.6) is 0 Å². The van der Waals surface area contributed by atoms with E-state index in [9.17, 15) is 13.2 Å². The highest BCUT2D eigenvalue weighted by molar-refractivity contribution is 5.73. The molecule has 152 valence electrons. The van der Waals surface area contributed by atoms with Gasteiger partial charge in [0.1, 0.15) is 6.10 Å². The molecule has 0 bridgehead atoms. The number of carboxylic acid groups (broad SMARTS) is 1. The minimum absolute atomic E-state index is 0.0471. The van der Waals surface area contributed by atoms with Gasteiger partial charge in [-0.1, -0.05) is 5.16 Å². The standard InChI is InChI=1S/C14H17N5O2.C2HF3O2/c1-9-17-13(18-21-9)11-7-10-3-6-19(8-12(10)20-11)14-15-4-2-5-16-14;3-2(4,5)1(6)7/h2,4-5,10-12H,3,6-8H2,1H3;(H,6,7)/t10-,11+,12+;/m0./s1. The van der Waals surface area contributed by atoms with E-state index in [1.165, 1.54) is 0 Å². The summed E-state index contributed by atoms with van der Waals surface area (Å²) in [7, 11) is 0. The van der Waals surface area contributed by atoms with Gasteiger partial charge in [0, 0.05) is 32.4 Å². The van der Waals surface area contributed by atoms with Gasteiger partial charge in [-0.3, -0.25) is 0 Å². The number of fused-ring (bicyclic) bond motifs is 1. The average Bonchev–Trinajstić information content (AvgIpc) is 3.27. The number of nitrogens with zero attached hydrogens (tertiary/aromatic N) is 5. The maximum absolute atomic E-state index is 10.6. The molecule has 0 aliphatic carbocycles. The molecular weight excluding hydrogens is 383 g/mol. The van der Waals surface area contributed by atoms with Gasteiger partial charge in [0.05, 0.1) is 6.10 Å². The molecule has 0 aromatic carbocycles. The van der Waals surface area contributed by atoms with Crippen LogP contribution in [-0.2, 0) is 9.53 Å². The van der Waals surface area contributed by atoms with Crippen molar-refractivity contribution in [2.24, 2.45) is 5.92 Å². The van der Waals surface area contributed by atoms with Crippen molar-refractivity contribution < 1.29 is 32.3 Å². The van der Waals surface area contributed by atoms with Crippen LogP contribution in [0.3, 0.4) is 0 Å². The summed E-state index contributed by atoms with van der Waals surface area (Å²) in [4.78, 5) is 24.0. The molecule has 0 amide bonds. The van der Waals surface area contributed by atoms with E-state index in [1.807, 2.05) is 6.07 Å². The third kappa shape index (κ3) is 4.74. The zero-order valence-electron chi connectivity index (χ0n) is 14.8. The number of halogens is 3. The molecule has 2 aromatic heterocycles. The number of hydrogen-bond acceptors (Lipinski definition) is 8. The first-order valence-corrected chi connectivity index (χ1v) is 8.51. The molecular formula is C16H18F3N5O4. The molecule has 0 spiro atoms. The van der Waals surface area contributed by atoms with Crippen molar-refractivity contribution in [2.45, 2.75) is 38.1 Å². The number of anilines is 1. The smallest absolute Gasteiger partial charge is 0.475 e. The van der Waals surface area contributed by atoms with Crippen LogP contribution in [0.2, 0.25) is 0 Å². The number of rotatable bonds is 2. The molecule has 0 unspecified atom stereocenters. The number of carbonyl (C=O) groups is 1. The minimum Gasteiger partial charge on any atom is -0.475 e. The highest BCUT2D eigenvalue weighted by Crippen LogP contribution is 2.40. The lowest BCUT2D eigenvalue weighted by molar-refractivity contribution is -0.192. The lowest BCUT2D eigenvalue weighted by Gasteiger charge is -2.33. The molecule has 12 heteroatoms. The zero-order chi connectivity index (χ0) is 20.3. The van der Waals surface area contributed by atoms with Crippen molar-refractivity contribution in [3.05, 3.63) is 30.2 Å². The highest BCUT2D eigenvalue weighted by Gasteiger charge is 2.41. The zero-order valence-corrected chi connectivity index (χ0v) is 14.8. The summed E-state index contributed by atoms with van der Waals surface area (Å²) in [5, 5.41) is 11.1. The molecule has 4 rings (SSSR count). The van der Waals surface area contributed by atoms with E-state index in [1.54, 1.807) is 19.3 Å². The van der Waals surface area contributed by atoms with Gasteiger partial charge in [0.25, 0.3) is 0 Å². The summed E-state index contributed by atoms with van der Waals surface area (Å²) < 4.78 is 42.9. The molecule has 2 fully saturated rings. The van der Waals surface area contributed by atoms with Crippen molar-refractivity contribution >= 4 is 11.9 Å². The van der Waals surface area contributed by atoms with E-state index in [-0.39, 0.29) is 12.2 Å². The maximum atomic E-state index is 10.6. The molecule has 28 heavy (non-hydrogen) atoms. The normalized spacial score (nSPS) is 24.3. The fourth-order valence-corrected chi connectivity index (χ4v) is 3.18. The summed E-state index contributed by atoms with van der Waals surface area (Å²) in [6, 6.07) is 1.83. The monoisotopic (exact) mass is 401 g/mol. The molecule has 4 heterocycles. The molecule has 0 radical (unpaired) electrons. The summed E-state index contributed by atoms with van der Waals surface area (Å²) in [5.41, 5.74) is 0. The molecule has 3 atom stereocenters. The van der Waals surface area contributed by atoms with Gasteiger partial charge in [-0.2, -0.15) is 18.2 Å². The predicted molar refractivity (Wildman–Crippen MR) is 87.3 cm³/mol. The van der Waals surface area contributed by atoms with Crippen LogP contribution in [0.15, 0.2) is 23.0 Å². The van der Waals surface area contributed by atoms with Crippen LogP contribution in [0.4, 0.5) is 19.1 Å². The second kappa shape index (κ2) is 8.09. The Kier molecular flexibility index (Phi) is 5.77. The highest BCUT2D eigenvalue weighted by atomic mass is 19.4. The van der Waals surface area contributed by atoms with Crippen molar-refractivity contribution in [1.29, 1.82) is 0 Å². The molecule has 9 nitrogen and oxygen atoms in total. The quantitative estimate of drug-likeness (QED) is 0.808.